The number of pyridine rings is 1. The van der Waals surface area contributed by atoms with E-state index in [1.54, 1.807) is 12.3 Å². The van der Waals surface area contributed by atoms with Crippen LogP contribution in [0.15, 0.2) is 103 Å². The minimum absolute atomic E-state index is 0.299. The summed E-state index contributed by atoms with van der Waals surface area (Å²) in [6, 6.07) is 28.1. The molecule has 1 aliphatic heterocycles. The van der Waals surface area contributed by atoms with Crippen LogP contribution >= 0.6 is 12.2 Å². The number of aryl methyl sites for hydroxylation is 2. The number of hydrogen-bond acceptors (Lipinski definition) is 3. The number of ether oxygens (including phenoxy) is 1. The highest BCUT2D eigenvalue weighted by atomic mass is 32.1. The SMILES string of the molecule is Cc1ccccc1Oc1ccc(N2C(=S)NC(c3ccccn3)C2c2cc(C)n(-c3cccc(C(F)(F)F)c3)c2C)cc1. The van der Waals surface area contributed by atoms with Crippen LogP contribution in [0.5, 0.6) is 11.5 Å². The fraction of sp³-hybridized carbons (Fsp3) is 0.176. The van der Waals surface area contributed by atoms with E-state index in [2.05, 4.69) is 10.3 Å². The van der Waals surface area contributed by atoms with Gasteiger partial charge in [-0.1, -0.05) is 30.3 Å². The Morgan fingerprint density at radius 1 is 0.837 bits per heavy atom. The number of benzene rings is 3. The second-order valence-electron chi connectivity index (χ2n) is 10.6. The molecule has 1 fully saturated rings. The highest BCUT2D eigenvalue weighted by Crippen LogP contribution is 2.44. The molecule has 0 aliphatic carbocycles. The van der Waals surface area contributed by atoms with Crippen LogP contribution < -0.4 is 15.0 Å². The zero-order valence-corrected chi connectivity index (χ0v) is 24.6. The number of para-hydroxylation sites is 1. The van der Waals surface area contributed by atoms with E-state index in [1.807, 2.05) is 103 Å². The topological polar surface area (TPSA) is 42.3 Å². The largest absolute Gasteiger partial charge is 0.457 e. The van der Waals surface area contributed by atoms with Gasteiger partial charge >= 0.3 is 6.18 Å². The molecule has 0 radical (unpaired) electrons. The molecule has 2 atom stereocenters. The third-order valence-corrected chi connectivity index (χ3v) is 8.07. The number of nitrogens with zero attached hydrogens (tertiary/aromatic N) is 3. The van der Waals surface area contributed by atoms with Gasteiger partial charge in [0, 0.05) is 29.0 Å². The minimum Gasteiger partial charge on any atom is -0.457 e. The summed E-state index contributed by atoms with van der Waals surface area (Å²) in [7, 11) is 0. The van der Waals surface area contributed by atoms with E-state index in [1.165, 1.54) is 12.1 Å². The average molecular weight is 599 g/mol. The fourth-order valence-electron chi connectivity index (χ4n) is 5.73. The number of thiocarbonyl (C=S) groups is 1. The van der Waals surface area contributed by atoms with Gasteiger partial charge in [-0.25, -0.2) is 0 Å². The number of nitrogens with one attached hydrogen (secondary N) is 1. The summed E-state index contributed by atoms with van der Waals surface area (Å²) in [5, 5.41) is 3.98. The normalized spacial score (nSPS) is 16.8. The maximum atomic E-state index is 13.6. The van der Waals surface area contributed by atoms with Crippen molar-refractivity contribution < 1.29 is 17.9 Å². The number of aromatic nitrogens is 2. The van der Waals surface area contributed by atoms with E-state index >= 15 is 0 Å². The van der Waals surface area contributed by atoms with Crippen LogP contribution in [0.4, 0.5) is 18.9 Å². The first-order valence-electron chi connectivity index (χ1n) is 13.8. The Morgan fingerprint density at radius 2 is 1.58 bits per heavy atom. The molecule has 1 N–H and O–H groups in total. The fourth-order valence-corrected chi connectivity index (χ4v) is 6.07. The summed E-state index contributed by atoms with van der Waals surface area (Å²) >= 11 is 5.89. The molecule has 2 aromatic heterocycles. The van der Waals surface area contributed by atoms with Gasteiger partial charge in [-0.2, -0.15) is 13.2 Å². The minimum atomic E-state index is -4.44. The van der Waals surface area contributed by atoms with E-state index in [0.29, 0.717) is 16.5 Å². The van der Waals surface area contributed by atoms with Gasteiger partial charge in [-0.15, -0.1) is 0 Å². The summed E-state index contributed by atoms with van der Waals surface area (Å²) in [6.45, 7) is 5.82. The molecule has 0 spiro atoms. The van der Waals surface area contributed by atoms with E-state index in [-0.39, 0.29) is 12.1 Å². The van der Waals surface area contributed by atoms with Crippen molar-refractivity contribution in [2.24, 2.45) is 0 Å². The molecule has 3 aromatic carbocycles. The van der Waals surface area contributed by atoms with Crippen molar-refractivity contribution in [2.75, 3.05) is 4.90 Å². The molecular formula is C34H29F3N4OS. The summed E-state index contributed by atoms with van der Waals surface area (Å²) in [5.41, 5.74) is 5.00. The van der Waals surface area contributed by atoms with Crippen molar-refractivity contribution in [3.05, 3.63) is 137 Å². The Bertz CT molecular complexity index is 1780. The molecule has 0 amide bonds. The van der Waals surface area contributed by atoms with Gasteiger partial charge in [0.2, 0.25) is 0 Å². The summed E-state index contributed by atoms with van der Waals surface area (Å²) in [4.78, 5) is 6.67. The summed E-state index contributed by atoms with van der Waals surface area (Å²) in [5.74, 6) is 1.47. The van der Waals surface area contributed by atoms with Crippen LogP contribution in [0, 0.1) is 20.8 Å². The lowest BCUT2D eigenvalue weighted by atomic mass is 9.96. The molecule has 218 valence electrons. The predicted octanol–water partition coefficient (Wildman–Crippen LogP) is 8.79. The molecule has 9 heteroatoms. The number of halogens is 3. The van der Waals surface area contributed by atoms with Crippen molar-refractivity contribution in [1.29, 1.82) is 0 Å². The monoisotopic (exact) mass is 598 g/mol. The first kappa shape index (κ1) is 28.5. The Morgan fingerprint density at radius 3 is 2.28 bits per heavy atom. The van der Waals surface area contributed by atoms with Crippen molar-refractivity contribution in [3.63, 3.8) is 0 Å². The smallest absolute Gasteiger partial charge is 0.416 e. The van der Waals surface area contributed by atoms with Crippen LogP contribution in [0.1, 0.15) is 45.9 Å². The van der Waals surface area contributed by atoms with Gasteiger partial charge in [0.25, 0.3) is 0 Å². The molecule has 3 heterocycles. The van der Waals surface area contributed by atoms with E-state index in [4.69, 9.17) is 17.0 Å². The highest BCUT2D eigenvalue weighted by Gasteiger charge is 2.42. The van der Waals surface area contributed by atoms with Gasteiger partial charge in [-0.3, -0.25) is 4.98 Å². The quantitative estimate of drug-likeness (QED) is 0.198. The molecule has 0 bridgehead atoms. The van der Waals surface area contributed by atoms with Gasteiger partial charge < -0.3 is 19.5 Å². The molecular weight excluding hydrogens is 569 g/mol. The zero-order chi connectivity index (χ0) is 30.3. The average Bonchev–Trinajstić information content (AvgIpc) is 3.49. The van der Waals surface area contributed by atoms with Crippen LogP contribution in [-0.4, -0.2) is 14.7 Å². The van der Waals surface area contributed by atoms with E-state index < -0.39 is 11.7 Å². The molecule has 1 saturated heterocycles. The standard InChI is InChI=1S/C34H29F3N4OS/c1-21-9-4-5-13-30(21)42-27-16-14-25(15-17-27)41-32(31(39-33(41)43)29-12-6-7-18-38-29)28-19-22(2)40(23(28)3)26-11-8-10-24(20-26)34(35,36)37/h4-20,31-32H,1-3H3,(H,39,43). The number of alkyl halides is 3. The van der Waals surface area contributed by atoms with Crippen molar-refractivity contribution in [1.82, 2.24) is 14.9 Å². The van der Waals surface area contributed by atoms with Crippen LogP contribution in [-0.2, 0) is 6.18 Å². The zero-order valence-electron chi connectivity index (χ0n) is 23.8. The van der Waals surface area contributed by atoms with Crippen LogP contribution in [0.2, 0.25) is 0 Å². The van der Waals surface area contributed by atoms with Gasteiger partial charge in [0.15, 0.2) is 5.11 Å². The van der Waals surface area contributed by atoms with Crippen molar-refractivity contribution >= 4 is 23.0 Å². The summed E-state index contributed by atoms with van der Waals surface area (Å²) < 4.78 is 48.7. The van der Waals surface area contributed by atoms with Crippen molar-refractivity contribution in [3.8, 4) is 17.2 Å². The van der Waals surface area contributed by atoms with Gasteiger partial charge in [-0.05, 0) is 111 Å². The van der Waals surface area contributed by atoms with E-state index in [9.17, 15) is 13.2 Å². The lowest BCUT2D eigenvalue weighted by molar-refractivity contribution is -0.137. The first-order chi connectivity index (χ1) is 20.6. The molecule has 6 rings (SSSR count). The van der Waals surface area contributed by atoms with Crippen LogP contribution in [0.25, 0.3) is 5.69 Å². The Kier molecular flexibility index (Phi) is 7.43. The molecule has 2 unspecified atom stereocenters. The Labute approximate surface area is 253 Å². The molecule has 1 aliphatic rings. The van der Waals surface area contributed by atoms with Crippen molar-refractivity contribution in [2.45, 2.75) is 39.0 Å². The molecule has 0 saturated carbocycles. The third kappa shape index (κ3) is 5.48. The second kappa shape index (κ2) is 11.2. The van der Waals surface area contributed by atoms with E-state index in [0.717, 1.165) is 45.7 Å². The number of anilines is 1. The highest BCUT2D eigenvalue weighted by molar-refractivity contribution is 7.80. The van der Waals surface area contributed by atoms with Gasteiger partial charge in [0.1, 0.15) is 11.5 Å². The van der Waals surface area contributed by atoms with Crippen LogP contribution in [0.3, 0.4) is 0 Å². The maximum Gasteiger partial charge on any atom is 0.416 e. The maximum absolute atomic E-state index is 13.6. The number of rotatable bonds is 6. The molecule has 5 aromatic rings. The lowest BCUT2D eigenvalue weighted by Gasteiger charge is -2.28. The second-order valence-corrected chi connectivity index (χ2v) is 11.0. The number of hydrogen-bond donors (Lipinski definition) is 1. The Balaban J connectivity index is 1.42. The summed E-state index contributed by atoms with van der Waals surface area (Å²) in [6.07, 6.45) is -2.70. The molecule has 5 nitrogen and oxygen atoms in total. The van der Waals surface area contributed by atoms with Gasteiger partial charge in [0.05, 0.1) is 23.3 Å². The molecule has 43 heavy (non-hydrogen) atoms. The predicted molar refractivity (Wildman–Crippen MR) is 166 cm³/mol. The first-order valence-corrected chi connectivity index (χ1v) is 14.2. The third-order valence-electron chi connectivity index (χ3n) is 7.75. The lowest BCUT2D eigenvalue weighted by Crippen LogP contribution is -2.29. The Hall–Kier alpha value is -4.63.